The minimum absolute atomic E-state index is 0.496. The van der Waals surface area contributed by atoms with Crippen molar-refractivity contribution < 1.29 is 0 Å². The Morgan fingerprint density at radius 3 is 2.58 bits per heavy atom. The van der Waals surface area contributed by atoms with Gasteiger partial charge >= 0.3 is 0 Å². The minimum atomic E-state index is 0.496. The van der Waals surface area contributed by atoms with E-state index in [2.05, 4.69) is 44.8 Å². The fourth-order valence-electron chi connectivity index (χ4n) is 1.61. The van der Waals surface area contributed by atoms with Crippen molar-refractivity contribution in [1.82, 2.24) is 5.32 Å². The van der Waals surface area contributed by atoms with Crippen LogP contribution in [0.3, 0.4) is 0 Å². The Bertz CT molecular complexity index is 143. The third-order valence-corrected chi connectivity index (χ3v) is 3.71. The van der Waals surface area contributed by atoms with Gasteiger partial charge in [0.2, 0.25) is 0 Å². The first-order valence-corrected chi connectivity index (χ1v) is 6.01. The zero-order chi connectivity index (χ0) is 9.19. The SMILES string of the molecule is CC(C)NC1CSCCC1(C)C. The van der Waals surface area contributed by atoms with Crippen LogP contribution in [0.1, 0.15) is 34.1 Å². The highest BCUT2D eigenvalue weighted by Crippen LogP contribution is 2.34. The van der Waals surface area contributed by atoms with Crippen molar-refractivity contribution in [1.29, 1.82) is 0 Å². The van der Waals surface area contributed by atoms with Crippen LogP contribution < -0.4 is 5.32 Å². The molecule has 1 saturated heterocycles. The molecule has 0 radical (unpaired) electrons. The summed E-state index contributed by atoms with van der Waals surface area (Å²) in [5, 5.41) is 3.65. The Balaban J connectivity index is 2.48. The zero-order valence-electron chi connectivity index (χ0n) is 8.68. The third-order valence-electron chi connectivity index (χ3n) is 2.65. The molecule has 2 heteroatoms. The molecule has 12 heavy (non-hydrogen) atoms. The van der Waals surface area contributed by atoms with Crippen molar-refractivity contribution in [2.24, 2.45) is 5.41 Å². The van der Waals surface area contributed by atoms with Crippen LogP contribution in [-0.2, 0) is 0 Å². The van der Waals surface area contributed by atoms with Gasteiger partial charge in [-0.25, -0.2) is 0 Å². The summed E-state index contributed by atoms with van der Waals surface area (Å²) in [5.41, 5.74) is 0.496. The van der Waals surface area contributed by atoms with Gasteiger partial charge in [-0.1, -0.05) is 27.7 Å². The highest BCUT2D eigenvalue weighted by Gasteiger charge is 2.32. The van der Waals surface area contributed by atoms with Gasteiger partial charge in [0.25, 0.3) is 0 Å². The maximum absolute atomic E-state index is 3.65. The Hall–Kier alpha value is 0.310. The maximum Gasteiger partial charge on any atom is 0.0211 e. The van der Waals surface area contributed by atoms with Crippen molar-refractivity contribution >= 4 is 11.8 Å². The third kappa shape index (κ3) is 2.67. The summed E-state index contributed by atoms with van der Waals surface area (Å²) < 4.78 is 0. The van der Waals surface area contributed by atoms with E-state index in [0.717, 1.165) is 0 Å². The second-order valence-electron chi connectivity index (χ2n) is 4.69. The largest absolute Gasteiger partial charge is 0.310 e. The van der Waals surface area contributed by atoms with E-state index in [1.807, 2.05) is 0 Å². The lowest BCUT2D eigenvalue weighted by molar-refractivity contribution is 0.235. The Morgan fingerprint density at radius 1 is 1.42 bits per heavy atom. The number of hydrogen-bond acceptors (Lipinski definition) is 2. The molecule has 72 valence electrons. The Morgan fingerprint density at radius 2 is 2.08 bits per heavy atom. The fraction of sp³-hybridized carbons (Fsp3) is 1.00. The average Bonchev–Trinajstić information content (AvgIpc) is 1.92. The smallest absolute Gasteiger partial charge is 0.0211 e. The molecule has 1 aliphatic heterocycles. The second kappa shape index (κ2) is 4.01. The van der Waals surface area contributed by atoms with E-state index in [9.17, 15) is 0 Å². The monoisotopic (exact) mass is 187 g/mol. The summed E-state index contributed by atoms with van der Waals surface area (Å²) in [5.74, 6) is 2.62. The van der Waals surface area contributed by atoms with Crippen LogP contribution in [0.25, 0.3) is 0 Å². The van der Waals surface area contributed by atoms with Crippen molar-refractivity contribution in [3.63, 3.8) is 0 Å². The summed E-state index contributed by atoms with van der Waals surface area (Å²) in [6, 6.07) is 1.32. The minimum Gasteiger partial charge on any atom is -0.310 e. The van der Waals surface area contributed by atoms with Crippen LogP contribution in [0, 0.1) is 5.41 Å². The topological polar surface area (TPSA) is 12.0 Å². The summed E-state index contributed by atoms with van der Waals surface area (Å²) in [6.07, 6.45) is 1.35. The number of thioether (sulfide) groups is 1. The molecule has 0 amide bonds. The summed E-state index contributed by atoms with van der Waals surface area (Å²) in [7, 11) is 0. The summed E-state index contributed by atoms with van der Waals surface area (Å²) in [6.45, 7) is 9.23. The van der Waals surface area contributed by atoms with Crippen LogP contribution in [0.5, 0.6) is 0 Å². The predicted molar refractivity (Wildman–Crippen MR) is 57.8 cm³/mol. The summed E-state index contributed by atoms with van der Waals surface area (Å²) >= 11 is 2.08. The van der Waals surface area contributed by atoms with Gasteiger partial charge in [-0.2, -0.15) is 11.8 Å². The van der Waals surface area contributed by atoms with E-state index in [0.29, 0.717) is 17.5 Å². The van der Waals surface area contributed by atoms with Gasteiger partial charge < -0.3 is 5.32 Å². The first-order chi connectivity index (χ1) is 5.52. The highest BCUT2D eigenvalue weighted by molar-refractivity contribution is 7.99. The second-order valence-corrected chi connectivity index (χ2v) is 5.84. The number of rotatable bonds is 2. The molecule has 1 rings (SSSR count). The zero-order valence-corrected chi connectivity index (χ0v) is 9.50. The molecular weight excluding hydrogens is 166 g/mol. The van der Waals surface area contributed by atoms with Gasteiger partial charge in [0.15, 0.2) is 0 Å². The molecule has 1 fully saturated rings. The number of nitrogens with one attached hydrogen (secondary N) is 1. The van der Waals surface area contributed by atoms with Crippen molar-refractivity contribution in [3.05, 3.63) is 0 Å². The van der Waals surface area contributed by atoms with Crippen LogP contribution >= 0.6 is 11.8 Å². The van der Waals surface area contributed by atoms with E-state index in [1.165, 1.54) is 17.9 Å². The standard InChI is InChI=1S/C10H21NS/c1-8(2)11-9-7-12-6-5-10(9,3)4/h8-9,11H,5-7H2,1-4H3. The predicted octanol–water partition coefficient (Wildman–Crippen LogP) is 2.52. The molecule has 0 aromatic heterocycles. The molecule has 0 aromatic carbocycles. The molecule has 1 unspecified atom stereocenters. The lowest BCUT2D eigenvalue weighted by atomic mass is 9.82. The van der Waals surface area contributed by atoms with Crippen LogP contribution in [-0.4, -0.2) is 23.6 Å². The fourth-order valence-corrected chi connectivity index (χ4v) is 3.23. The Kier molecular flexibility index (Phi) is 3.47. The van der Waals surface area contributed by atoms with Crippen LogP contribution in [0.15, 0.2) is 0 Å². The van der Waals surface area contributed by atoms with Gasteiger partial charge in [-0.15, -0.1) is 0 Å². The molecule has 0 spiro atoms. The normalized spacial score (nSPS) is 29.2. The Labute approximate surface area is 80.7 Å². The van der Waals surface area contributed by atoms with Crippen molar-refractivity contribution in [3.8, 4) is 0 Å². The number of hydrogen-bond donors (Lipinski definition) is 1. The van der Waals surface area contributed by atoms with Crippen molar-refractivity contribution in [2.45, 2.75) is 46.2 Å². The molecule has 1 N–H and O–H groups in total. The van der Waals surface area contributed by atoms with E-state index in [4.69, 9.17) is 0 Å². The van der Waals surface area contributed by atoms with Gasteiger partial charge in [0.1, 0.15) is 0 Å². The van der Waals surface area contributed by atoms with Crippen LogP contribution in [0.2, 0.25) is 0 Å². The van der Waals surface area contributed by atoms with Crippen LogP contribution in [0.4, 0.5) is 0 Å². The summed E-state index contributed by atoms with van der Waals surface area (Å²) in [4.78, 5) is 0. The molecule has 1 atom stereocenters. The molecule has 0 saturated carbocycles. The molecule has 1 nitrogen and oxygen atoms in total. The van der Waals surface area contributed by atoms with Gasteiger partial charge in [-0.3, -0.25) is 0 Å². The lowest BCUT2D eigenvalue weighted by Gasteiger charge is -2.39. The highest BCUT2D eigenvalue weighted by atomic mass is 32.2. The lowest BCUT2D eigenvalue weighted by Crippen LogP contribution is -2.49. The van der Waals surface area contributed by atoms with Gasteiger partial charge in [0.05, 0.1) is 0 Å². The first-order valence-electron chi connectivity index (χ1n) is 4.86. The van der Waals surface area contributed by atoms with E-state index in [-0.39, 0.29) is 0 Å². The first kappa shape index (κ1) is 10.4. The van der Waals surface area contributed by atoms with Gasteiger partial charge in [-0.05, 0) is 17.6 Å². The molecule has 0 aromatic rings. The molecule has 1 heterocycles. The van der Waals surface area contributed by atoms with E-state index >= 15 is 0 Å². The molecule has 1 aliphatic rings. The maximum atomic E-state index is 3.65. The van der Waals surface area contributed by atoms with Crippen molar-refractivity contribution in [2.75, 3.05) is 11.5 Å². The van der Waals surface area contributed by atoms with E-state index in [1.54, 1.807) is 0 Å². The van der Waals surface area contributed by atoms with Gasteiger partial charge in [0, 0.05) is 17.8 Å². The molecule has 0 bridgehead atoms. The molecule has 0 aliphatic carbocycles. The average molecular weight is 187 g/mol. The molecular formula is C10H21NS. The van der Waals surface area contributed by atoms with E-state index < -0.39 is 0 Å². The quantitative estimate of drug-likeness (QED) is 0.713.